The molecule has 2 aromatic heterocycles. The zero-order valence-electron chi connectivity index (χ0n) is 9.95. The second-order valence-corrected chi connectivity index (χ2v) is 4.08. The normalized spacial score (nSPS) is 10.5. The monoisotopic (exact) mass is 253 g/mol. The number of aromatic nitrogens is 2. The number of aromatic carboxylic acids is 1. The Balaban J connectivity index is 2.15. The minimum atomic E-state index is -0.970. The highest BCUT2D eigenvalue weighted by atomic mass is 16.4. The van der Waals surface area contributed by atoms with E-state index in [4.69, 9.17) is 0 Å². The first kappa shape index (κ1) is 11.3. The van der Waals surface area contributed by atoms with Gasteiger partial charge >= 0.3 is 5.97 Å². The van der Waals surface area contributed by atoms with E-state index in [1.807, 2.05) is 30.3 Å². The molecule has 0 bridgehead atoms. The Morgan fingerprint density at radius 1 is 1.21 bits per heavy atom. The number of anilines is 2. The molecule has 94 valence electrons. The average molecular weight is 253 g/mol. The third-order valence-electron chi connectivity index (χ3n) is 2.85. The van der Waals surface area contributed by atoms with Crippen LogP contribution in [0.4, 0.5) is 11.5 Å². The van der Waals surface area contributed by atoms with Crippen molar-refractivity contribution in [2.75, 3.05) is 5.32 Å². The van der Waals surface area contributed by atoms with Crippen molar-refractivity contribution in [1.82, 2.24) is 9.38 Å². The summed E-state index contributed by atoms with van der Waals surface area (Å²) in [6, 6.07) is 12.8. The number of nitrogens with one attached hydrogen (secondary N) is 1. The molecular weight excluding hydrogens is 242 g/mol. The molecule has 3 rings (SSSR count). The van der Waals surface area contributed by atoms with Crippen molar-refractivity contribution in [2.45, 2.75) is 0 Å². The minimum Gasteiger partial charge on any atom is -0.478 e. The standard InChI is InChI=1S/C14H11N3O2/c18-14(19)12-8-11-6-7-15-9-17(11)13(12)16-10-4-2-1-3-5-10/h1-9,16H,(H,18,19). The van der Waals surface area contributed by atoms with Gasteiger partial charge in [-0.05, 0) is 24.3 Å². The van der Waals surface area contributed by atoms with Gasteiger partial charge in [0.05, 0.1) is 5.52 Å². The predicted molar refractivity (Wildman–Crippen MR) is 71.9 cm³/mol. The van der Waals surface area contributed by atoms with Gasteiger partial charge in [-0.1, -0.05) is 18.2 Å². The molecule has 2 heterocycles. The lowest BCUT2D eigenvalue weighted by molar-refractivity contribution is 0.0698. The van der Waals surface area contributed by atoms with Crippen molar-refractivity contribution in [2.24, 2.45) is 0 Å². The van der Waals surface area contributed by atoms with Gasteiger partial charge in [0.1, 0.15) is 17.7 Å². The molecule has 3 aromatic rings. The first-order chi connectivity index (χ1) is 9.25. The fraction of sp³-hybridized carbons (Fsp3) is 0. The zero-order valence-corrected chi connectivity index (χ0v) is 9.95. The number of nitrogens with zero attached hydrogens (tertiary/aromatic N) is 2. The van der Waals surface area contributed by atoms with Gasteiger partial charge in [-0.15, -0.1) is 0 Å². The van der Waals surface area contributed by atoms with Crippen molar-refractivity contribution in [3.63, 3.8) is 0 Å². The lowest BCUT2D eigenvalue weighted by Gasteiger charge is -2.07. The van der Waals surface area contributed by atoms with Crippen molar-refractivity contribution in [1.29, 1.82) is 0 Å². The van der Waals surface area contributed by atoms with Gasteiger partial charge in [-0.25, -0.2) is 9.78 Å². The van der Waals surface area contributed by atoms with E-state index in [0.29, 0.717) is 5.82 Å². The van der Waals surface area contributed by atoms with Crippen LogP contribution in [0.5, 0.6) is 0 Å². The summed E-state index contributed by atoms with van der Waals surface area (Å²) in [4.78, 5) is 15.3. The number of hydrogen-bond acceptors (Lipinski definition) is 3. The summed E-state index contributed by atoms with van der Waals surface area (Å²) in [5, 5.41) is 12.4. The zero-order chi connectivity index (χ0) is 13.2. The molecule has 0 aliphatic carbocycles. The molecule has 0 atom stereocenters. The topological polar surface area (TPSA) is 66.6 Å². The molecule has 0 aliphatic heterocycles. The average Bonchev–Trinajstić information content (AvgIpc) is 2.79. The summed E-state index contributed by atoms with van der Waals surface area (Å²) in [6.07, 6.45) is 3.22. The molecule has 0 saturated heterocycles. The number of para-hydroxylation sites is 1. The van der Waals surface area contributed by atoms with Crippen molar-refractivity contribution < 1.29 is 9.90 Å². The molecule has 1 aromatic carbocycles. The van der Waals surface area contributed by atoms with E-state index in [-0.39, 0.29) is 5.56 Å². The van der Waals surface area contributed by atoms with E-state index in [0.717, 1.165) is 11.2 Å². The van der Waals surface area contributed by atoms with Crippen molar-refractivity contribution in [3.05, 3.63) is 60.6 Å². The summed E-state index contributed by atoms with van der Waals surface area (Å²) < 4.78 is 1.72. The van der Waals surface area contributed by atoms with Gasteiger partial charge in [0.2, 0.25) is 0 Å². The van der Waals surface area contributed by atoms with Crippen LogP contribution in [0.1, 0.15) is 10.4 Å². The molecule has 0 radical (unpaired) electrons. The number of benzene rings is 1. The minimum absolute atomic E-state index is 0.219. The fourth-order valence-electron chi connectivity index (χ4n) is 1.97. The van der Waals surface area contributed by atoms with Crippen LogP contribution in [0.2, 0.25) is 0 Å². The first-order valence-electron chi connectivity index (χ1n) is 5.76. The molecule has 0 spiro atoms. The summed E-state index contributed by atoms with van der Waals surface area (Å²) in [7, 11) is 0. The van der Waals surface area contributed by atoms with E-state index in [1.165, 1.54) is 0 Å². The molecule has 19 heavy (non-hydrogen) atoms. The lowest BCUT2D eigenvalue weighted by Crippen LogP contribution is -2.02. The third-order valence-corrected chi connectivity index (χ3v) is 2.85. The van der Waals surface area contributed by atoms with E-state index >= 15 is 0 Å². The summed E-state index contributed by atoms with van der Waals surface area (Å²) in [5.74, 6) is -0.469. The van der Waals surface area contributed by atoms with Crippen LogP contribution in [0.25, 0.3) is 5.52 Å². The maximum Gasteiger partial charge on any atom is 0.339 e. The molecule has 0 unspecified atom stereocenters. The Bertz CT molecular complexity index is 735. The van der Waals surface area contributed by atoms with Gasteiger partial charge < -0.3 is 10.4 Å². The first-order valence-corrected chi connectivity index (χ1v) is 5.76. The van der Waals surface area contributed by atoms with Gasteiger partial charge in [-0.3, -0.25) is 4.40 Å². The molecule has 0 fully saturated rings. The van der Waals surface area contributed by atoms with Crippen molar-refractivity contribution in [3.8, 4) is 0 Å². The van der Waals surface area contributed by atoms with E-state index in [2.05, 4.69) is 10.3 Å². The van der Waals surface area contributed by atoms with E-state index < -0.39 is 5.97 Å². The number of carboxylic acid groups (broad SMARTS) is 1. The predicted octanol–water partition coefficient (Wildman–Crippen LogP) is 2.78. The SMILES string of the molecule is O=C(O)c1cc2ccncn2c1Nc1ccccc1. The van der Waals surface area contributed by atoms with Crippen LogP contribution >= 0.6 is 0 Å². The second kappa shape index (κ2) is 4.45. The summed E-state index contributed by atoms with van der Waals surface area (Å²) in [6.45, 7) is 0. The van der Waals surface area contributed by atoms with E-state index in [9.17, 15) is 9.90 Å². The number of rotatable bonds is 3. The maximum absolute atomic E-state index is 11.3. The van der Waals surface area contributed by atoms with Gasteiger partial charge in [0.25, 0.3) is 0 Å². The highest BCUT2D eigenvalue weighted by molar-refractivity contribution is 5.97. The van der Waals surface area contributed by atoms with Crippen LogP contribution in [-0.4, -0.2) is 20.5 Å². The highest BCUT2D eigenvalue weighted by Crippen LogP contribution is 2.24. The number of fused-ring (bicyclic) bond motifs is 1. The van der Waals surface area contributed by atoms with Gasteiger partial charge in [0.15, 0.2) is 0 Å². The quantitative estimate of drug-likeness (QED) is 0.753. The van der Waals surface area contributed by atoms with Gasteiger partial charge in [0, 0.05) is 11.9 Å². The maximum atomic E-state index is 11.3. The Hall–Kier alpha value is -2.82. The van der Waals surface area contributed by atoms with Crippen LogP contribution in [0.3, 0.4) is 0 Å². The van der Waals surface area contributed by atoms with Crippen LogP contribution in [0.15, 0.2) is 55.0 Å². The molecule has 5 nitrogen and oxygen atoms in total. The number of hydrogen-bond donors (Lipinski definition) is 2. The number of carbonyl (C=O) groups is 1. The Kier molecular flexibility index (Phi) is 2.64. The lowest BCUT2D eigenvalue weighted by atomic mass is 10.3. The number of carboxylic acids is 1. The van der Waals surface area contributed by atoms with E-state index in [1.54, 1.807) is 29.1 Å². The molecular formula is C14H11N3O2. The Morgan fingerprint density at radius 2 is 2.00 bits per heavy atom. The summed E-state index contributed by atoms with van der Waals surface area (Å²) in [5.41, 5.74) is 1.83. The van der Waals surface area contributed by atoms with Gasteiger partial charge in [-0.2, -0.15) is 0 Å². The van der Waals surface area contributed by atoms with Crippen LogP contribution in [0, 0.1) is 0 Å². The van der Waals surface area contributed by atoms with Crippen LogP contribution < -0.4 is 5.32 Å². The molecule has 0 aliphatic rings. The highest BCUT2D eigenvalue weighted by Gasteiger charge is 2.16. The third kappa shape index (κ3) is 2.01. The van der Waals surface area contributed by atoms with Crippen molar-refractivity contribution >= 4 is 23.0 Å². The summed E-state index contributed by atoms with van der Waals surface area (Å²) >= 11 is 0. The Labute approximate surface area is 109 Å². The molecule has 5 heteroatoms. The largest absolute Gasteiger partial charge is 0.478 e. The smallest absolute Gasteiger partial charge is 0.339 e. The second-order valence-electron chi connectivity index (χ2n) is 4.08. The van der Waals surface area contributed by atoms with Crippen LogP contribution in [-0.2, 0) is 0 Å². The molecule has 0 amide bonds. The molecule has 0 saturated carbocycles. The molecule has 2 N–H and O–H groups in total. The Morgan fingerprint density at radius 3 is 2.74 bits per heavy atom. The fourth-order valence-corrected chi connectivity index (χ4v) is 1.97.